The number of aliphatic hydroxyl groups is 1. The van der Waals surface area contributed by atoms with E-state index in [9.17, 15) is 17.9 Å². The van der Waals surface area contributed by atoms with Gasteiger partial charge in [0.25, 0.3) is 0 Å². The van der Waals surface area contributed by atoms with Crippen LogP contribution in [0.1, 0.15) is 11.6 Å². The van der Waals surface area contributed by atoms with Crippen molar-refractivity contribution in [2.75, 3.05) is 6.61 Å². The number of hydrogen-bond donors (Lipinski definition) is 2. The third kappa shape index (κ3) is 3.03. The maximum atomic E-state index is 13.6. The fraction of sp³-hybridized carbons (Fsp3) is 0.250. The van der Waals surface area contributed by atoms with Crippen LogP contribution >= 0.6 is 0 Å². The summed E-state index contributed by atoms with van der Waals surface area (Å²) in [5, 5.41) is 13.1. The molecule has 0 unspecified atom stereocenters. The molecule has 0 saturated heterocycles. The van der Waals surface area contributed by atoms with Crippen LogP contribution in [0, 0.1) is 5.82 Å². The zero-order chi connectivity index (χ0) is 14.8. The molecule has 0 bridgehead atoms. The molecular weight excluding hydrogens is 285 g/mol. The Balaban J connectivity index is 2.29. The van der Waals surface area contributed by atoms with Crippen molar-refractivity contribution in [3.63, 3.8) is 0 Å². The summed E-state index contributed by atoms with van der Waals surface area (Å²) in [4.78, 5) is -0.0465. The summed E-state index contributed by atoms with van der Waals surface area (Å²) in [7, 11) is -2.29. The molecule has 1 aromatic heterocycles. The summed E-state index contributed by atoms with van der Waals surface area (Å²) in [6, 6.07) is 4.63. The summed E-state index contributed by atoms with van der Waals surface area (Å²) < 4.78 is 41.4. The van der Waals surface area contributed by atoms with Crippen LogP contribution in [-0.4, -0.2) is 29.9 Å². The summed E-state index contributed by atoms with van der Waals surface area (Å²) in [5.74, 6) is -0.583. The van der Waals surface area contributed by atoms with Crippen LogP contribution in [0.4, 0.5) is 4.39 Å². The van der Waals surface area contributed by atoms with E-state index in [1.54, 1.807) is 13.1 Å². The average Bonchev–Trinajstić information content (AvgIpc) is 2.84. The lowest BCUT2D eigenvalue weighted by Crippen LogP contribution is -2.31. The first-order valence-corrected chi connectivity index (χ1v) is 7.28. The fourth-order valence-electron chi connectivity index (χ4n) is 1.75. The van der Waals surface area contributed by atoms with Crippen molar-refractivity contribution < 1.29 is 17.9 Å². The van der Waals surface area contributed by atoms with Crippen molar-refractivity contribution in [1.29, 1.82) is 0 Å². The Kier molecular flexibility index (Phi) is 4.17. The zero-order valence-corrected chi connectivity index (χ0v) is 11.5. The molecule has 2 rings (SSSR count). The molecule has 0 aliphatic carbocycles. The molecule has 1 heterocycles. The van der Waals surface area contributed by atoms with Crippen molar-refractivity contribution in [1.82, 2.24) is 14.5 Å². The Labute approximate surface area is 115 Å². The Morgan fingerprint density at radius 1 is 1.45 bits per heavy atom. The highest BCUT2D eigenvalue weighted by Gasteiger charge is 2.23. The molecule has 0 spiro atoms. The molecule has 6 nitrogen and oxygen atoms in total. The van der Waals surface area contributed by atoms with Gasteiger partial charge in [0, 0.05) is 18.8 Å². The highest BCUT2D eigenvalue weighted by molar-refractivity contribution is 7.89. The van der Waals surface area contributed by atoms with Gasteiger partial charge in [0.1, 0.15) is 10.7 Å². The molecule has 8 heteroatoms. The van der Waals surface area contributed by atoms with Gasteiger partial charge in [-0.1, -0.05) is 18.2 Å². The molecule has 20 heavy (non-hydrogen) atoms. The molecule has 2 aromatic rings. The maximum Gasteiger partial charge on any atom is 0.244 e. The number of hydrogen-bond acceptors (Lipinski definition) is 4. The molecule has 0 amide bonds. The van der Waals surface area contributed by atoms with Crippen LogP contribution < -0.4 is 4.72 Å². The Bertz CT molecular complexity index is 699. The van der Waals surface area contributed by atoms with Crippen LogP contribution in [0.2, 0.25) is 0 Å². The van der Waals surface area contributed by atoms with Gasteiger partial charge in [-0.25, -0.2) is 17.5 Å². The lowest BCUT2D eigenvalue weighted by atomic mass is 10.1. The number of aliphatic hydroxyl groups excluding tert-OH is 1. The number of nitrogens with one attached hydrogen (secondary N) is 1. The largest absolute Gasteiger partial charge is 0.394 e. The van der Waals surface area contributed by atoms with Gasteiger partial charge >= 0.3 is 0 Å². The van der Waals surface area contributed by atoms with Gasteiger partial charge in [-0.15, -0.1) is 0 Å². The quantitative estimate of drug-likeness (QED) is 0.845. The Morgan fingerprint density at radius 2 is 2.15 bits per heavy atom. The summed E-state index contributed by atoms with van der Waals surface area (Å²) >= 11 is 0. The van der Waals surface area contributed by atoms with E-state index in [2.05, 4.69) is 9.82 Å². The van der Waals surface area contributed by atoms with Gasteiger partial charge in [0.2, 0.25) is 10.0 Å². The smallest absolute Gasteiger partial charge is 0.244 e. The number of benzene rings is 1. The van der Waals surface area contributed by atoms with Crippen LogP contribution in [0.25, 0.3) is 0 Å². The van der Waals surface area contributed by atoms with Crippen LogP contribution in [0.5, 0.6) is 0 Å². The third-order valence-corrected chi connectivity index (χ3v) is 4.18. The van der Waals surface area contributed by atoms with Crippen LogP contribution in [0.15, 0.2) is 41.6 Å². The lowest BCUT2D eigenvalue weighted by molar-refractivity contribution is 0.256. The highest BCUT2D eigenvalue weighted by Crippen LogP contribution is 2.19. The minimum Gasteiger partial charge on any atom is -0.394 e. The van der Waals surface area contributed by atoms with Gasteiger partial charge in [0.15, 0.2) is 0 Å². The third-order valence-electron chi connectivity index (χ3n) is 2.75. The van der Waals surface area contributed by atoms with Crippen molar-refractivity contribution in [3.8, 4) is 0 Å². The second kappa shape index (κ2) is 5.70. The van der Waals surface area contributed by atoms with E-state index in [0.717, 1.165) is 0 Å². The first-order chi connectivity index (χ1) is 9.44. The molecule has 0 radical (unpaired) electrons. The van der Waals surface area contributed by atoms with E-state index in [-0.39, 0.29) is 10.5 Å². The Morgan fingerprint density at radius 3 is 2.70 bits per heavy atom. The predicted octanol–water partition coefficient (Wildman–Crippen LogP) is 0.571. The molecule has 1 aromatic carbocycles. The average molecular weight is 299 g/mol. The predicted molar refractivity (Wildman–Crippen MR) is 69.8 cm³/mol. The lowest BCUT2D eigenvalue weighted by Gasteiger charge is -2.16. The molecule has 108 valence electrons. The van der Waals surface area contributed by atoms with E-state index in [4.69, 9.17) is 0 Å². The van der Waals surface area contributed by atoms with Crippen LogP contribution in [0.3, 0.4) is 0 Å². The number of halogens is 1. The first kappa shape index (κ1) is 14.6. The van der Waals surface area contributed by atoms with Gasteiger partial charge in [-0.2, -0.15) is 5.10 Å². The van der Waals surface area contributed by atoms with Crippen molar-refractivity contribution >= 4 is 10.0 Å². The van der Waals surface area contributed by atoms with Gasteiger partial charge < -0.3 is 5.11 Å². The molecule has 1 atom stereocenters. The molecular formula is C12H14FN3O3S. The number of aromatic nitrogens is 2. The van der Waals surface area contributed by atoms with Gasteiger partial charge in [-0.3, -0.25) is 4.68 Å². The number of nitrogens with zero attached hydrogens (tertiary/aromatic N) is 2. The van der Waals surface area contributed by atoms with E-state index >= 15 is 0 Å². The summed E-state index contributed by atoms with van der Waals surface area (Å²) in [6.45, 7) is -0.555. The molecule has 0 aliphatic heterocycles. The zero-order valence-electron chi connectivity index (χ0n) is 10.7. The SMILES string of the molecule is Cn1cc(S(=O)(=O)N[C@@H](CO)c2ccccc2F)cn1. The minimum absolute atomic E-state index is 0.0465. The van der Waals surface area contributed by atoms with Crippen molar-refractivity contribution in [3.05, 3.63) is 48.0 Å². The second-order valence-electron chi connectivity index (χ2n) is 4.23. The molecule has 0 saturated carbocycles. The highest BCUT2D eigenvalue weighted by atomic mass is 32.2. The molecule has 0 fully saturated rings. The van der Waals surface area contributed by atoms with Gasteiger partial charge in [0.05, 0.1) is 18.8 Å². The van der Waals surface area contributed by atoms with Crippen LogP contribution in [-0.2, 0) is 17.1 Å². The molecule has 2 N–H and O–H groups in total. The monoisotopic (exact) mass is 299 g/mol. The van der Waals surface area contributed by atoms with E-state index in [1.165, 1.54) is 35.3 Å². The number of rotatable bonds is 5. The summed E-state index contributed by atoms with van der Waals surface area (Å²) in [6.07, 6.45) is 2.50. The van der Waals surface area contributed by atoms with Crippen molar-refractivity contribution in [2.24, 2.45) is 7.05 Å². The van der Waals surface area contributed by atoms with E-state index in [0.29, 0.717) is 0 Å². The fourth-order valence-corrected chi connectivity index (χ4v) is 2.94. The number of sulfonamides is 1. The topological polar surface area (TPSA) is 84.2 Å². The molecule has 0 aliphatic rings. The van der Waals surface area contributed by atoms with Crippen molar-refractivity contribution in [2.45, 2.75) is 10.9 Å². The Hall–Kier alpha value is -1.77. The van der Waals surface area contributed by atoms with E-state index in [1.807, 2.05) is 0 Å². The minimum atomic E-state index is -3.88. The maximum absolute atomic E-state index is 13.6. The first-order valence-electron chi connectivity index (χ1n) is 5.80. The van der Waals surface area contributed by atoms with E-state index < -0.39 is 28.5 Å². The number of aryl methyl sites for hydroxylation is 1. The second-order valence-corrected chi connectivity index (χ2v) is 5.94. The normalized spacial score (nSPS) is 13.3. The standard InChI is InChI=1S/C12H14FN3O3S/c1-16-7-9(6-14-16)20(18,19)15-12(8-17)10-4-2-3-5-11(10)13/h2-7,12,15,17H,8H2,1H3/t12-/m0/s1. The summed E-state index contributed by atoms with van der Waals surface area (Å²) in [5.41, 5.74) is 0.0856. The van der Waals surface area contributed by atoms with Gasteiger partial charge in [-0.05, 0) is 6.07 Å².